The lowest BCUT2D eigenvalue weighted by atomic mass is 10.1. The molecule has 0 saturated carbocycles. The maximum Gasteiger partial charge on any atom is 0.242 e. The number of rotatable bonds is 10. The molecule has 0 bridgehead atoms. The highest BCUT2D eigenvalue weighted by Gasteiger charge is 2.23. The van der Waals surface area contributed by atoms with Gasteiger partial charge in [-0.2, -0.15) is 0 Å². The number of carbonyl (C=O) groups is 2. The number of nitrogens with one attached hydrogen (secondary N) is 1. The van der Waals surface area contributed by atoms with Crippen molar-refractivity contribution in [3.8, 4) is 5.75 Å². The molecule has 0 aliphatic carbocycles. The first-order valence-electron chi connectivity index (χ1n) is 8.64. The molecule has 6 nitrogen and oxygen atoms in total. The van der Waals surface area contributed by atoms with Crippen LogP contribution >= 0.6 is 0 Å². The molecule has 1 N–H and O–H groups in total. The molecule has 0 heterocycles. The molecule has 25 heavy (non-hydrogen) atoms. The van der Waals surface area contributed by atoms with Crippen molar-refractivity contribution < 1.29 is 19.1 Å². The van der Waals surface area contributed by atoms with Crippen LogP contribution in [0.1, 0.15) is 39.7 Å². The monoisotopic (exact) mass is 350 g/mol. The number of amides is 2. The van der Waals surface area contributed by atoms with Gasteiger partial charge in [0.1, 0.15) is 11.8 Å². The highest BCUT2D eigenvalue weighted by atomic mass is 16.5. The number of carbonyl (C=O) groups excluding carboxylic acids is 2. The van der Waals surface area contributed by atoms with Crippen LogP contribution in [0, 0.1) is 0 Å². The van der Waals surface area contributed by atoms with Crippen LogP contribution in [0.3, 0.4) is 0 Å². The number of benzene rings is 1. The van der Waals surface area contributed by atoms with Gasteiger partial charge in [0.15, 0.2) is 0 Å². The van der Waals surface area contributed by atoms with Crippen molar-refractivity contribution in [2.24, 2.45) is 0 Å². The number of hydrogen-bond donors (Lipinski definition) is 1. The summed E-state index contributed by atoms with van der Waals surface area (Å²) in [6, 6.07) is 6.93. The quantitative estimate of drug-likeness (QED) is 0.658. The van der Waals surface area contributed by atoms with Gasteiger partial charge in [0.05, 0.1) is 13.2 Å². The molecule has 140 valence electrons. The third kappa shape index (κ3) is 7.56. The van der Waals surface area contributed by atoms with Gasteiger partial charge in [0.2, 0.25) is 11.8 Å². The summed E-state index contributed by atoms with van der Waals surface area (Å²) >= 11 is 0. The van der Waals surface area contributed by atoms with E-state index in [1.165, 1.54) is 6.92 Å². The Morgan fingerprint density at radius 3 is 2.32 bits per heavy atom. The summed E-state index contributed by atoms with van der Waals surface area (Å²) in [5.41, 5.74) is 0.945. The number of nitrogens with zero attached hydrogens (tertiary/aromatic N) is 1. The van der Waals surface area contributed by atoms with Crippen LogP contribution in [0.15, 0.2) is 24.3 Å². The summed E-state index contributed by atoms with van der Waals surface area (Å²) in [4.78, 5) is 25.8. The van der Waals surface area contributed by atoms with E-state index in [2.05, 4.69) is 5.32 Å². The topological polar surface area (TPSA) is 67.9 Å². The van der Waals surface area contributed by atoms with E-state index in [1.54, 1.807) is 18.9 Å². The van der Waals surface area contributed by atoms with Gasteiger partial charge in [-0.1, -0.05) is 12.1 Å². The third-order valence-electron chi connectivity index (χ3n) is 3.83. The molecule has 0 radical (unpaired) electrons. The maximum absolute atomic E-state index is 12.3. The third-order valence-corrected chi connectivity index (χ3v) is 3.83. The van der Waals surface area contributed by atoms with Crippen molar-refractivity contribution in [3.05, 3.63) is 29.8 Å². The summed E-state index contributed by atoms with van der Waals surface area (Å²) in [5.74, 6) is 0.461. The Balaban J connectivity index is 2.55. The minimum Gasteiger partial charge on any atom is -0.497 e. The average Bonchev–Trinajstić information content (AvgIpc) is 2.58. The molecular weight excluding hydrogens is 320 g/mol. The largest absolute Gasteiger partial charge is 0.497 e. The van der Waals surface area contributed by atoms with E-state index in [0.717, 1.165) is 17.7 Å². The molecule has 0 aromatic heterocycles. The predicted molar refractivity (Wildman–Crippen MR) is 97.4 cm³/mol. The summed E-state index contributed by atoms with van der Waals surface area (Å²) in [6.45, 7) is 8.69. The average molecular weight is 350 g/mol. The van der Waals surface area contributed by atoms with Crippen molar-refractivity contribution in [1.29, 1.82) is 0 Å². The van der Waals surface area contributed by atoms with E-state index in [9.17, 15) is 9.59 Å². The molecule has 0 aliphatic rings. The first-order valence-corrected chi connectivity index (χ1v) is 8.64. The normalized spacial score (nSPS) is 11.9. The molecule has 0 unspecified atom stereocenters. The van der Waals surface area contributed by atoms with Crippen LogP contribution in [0.2, 0.25) is 0 Å². The number of methoxy groups -OCH3 is 1. The van der Waals surface area contributed by atoms with Gasteiger partial charge in [-0.05, 0) is 44.9 Å². The smallest absolute Gasteiger partial charge is 0.242 e. The lowest BCUT2D eigenvalue weighted by Crippen LogP contribution is -2.47. The lowest BCUT2D eigenvalue weighted by Gasteiger charge is -2.27. The van der Waals surface area contributed by atoms with Gasteiger partial charge in [-0.3, -0.25) is 9.59 Å². The highest BCUT2D eigenvalue weighted by Crippen LogP contribution is 2.14. The molecule has 0 saturated heterocycles. The van der Waals surface area contributed by atoms with Gasteiger partial charge in [0.25, 0.3) is 0 Å². The molecular formula is C19H30N2O4. The Morgan fingerprint density at radius 1 is 1.16 bits per heavy atom. The minimum absolute atomic E-state index is 0.137. The standard InChI is InChI=1S/C19H30N2O4/c1-14(2)25-12-6-11-20-19(23)15(3)21(16(4)22)13-17-7-9-18(24-5)10-8-17/h7-10,14-15H,6,11-13H2,1-5H3,(H,20,23)/t15-/m0/s1. The Hall–Kier alpha value is -2.08. The zero-order chi connectivity index (χ0) is 18.8. The molecule has 1 rings (SSSR count). The fourth-order valence-corrected chi connectivity index (χ4v) is 2.34. The first kappa shape index (κ1) is 21.0. The van der Waals surface area contributed by atoms with Gasteiger partial charge >= 0.3 is 0 Å². The Bertz CT molecular complexity index is 543. The molecule has 1 aromatic carbocycles. The van der Waals surface area contributed by atoms with E-state index in [0.29, 0.717) is 19.7 Å². The molecule has 6 heteroatoms. The second-order valence-electron chi connectivity index (χ2n) is 6.24. The van der Waals surface area contributed by atoms with Crippen LogP contribution in [-0.4, -0.2) is 49.1 Å². The number of ether oxygens (including phenoxy) is 2. The van der Waals surface area contributed by atoms with E-state index < -0.39 is 6.04 Å². The predicted octanol–water partition coefficient (Wildman–Crippen LogP) is 2.36. The van der Waals surface area contributed by atoms with Crippen molar-refractivity contribution in [2.45, 2.75) is 52.8 Å². The highest BCUT2D eigenvalue weighted by molar-refractivity contribution is 5.86. The zero-order valence-electron chi connectivity index (χ0n) is 15.9. The van der Waals surface area contributed by atoms with E-state index >= 15 is 0 Å². The van der Waals surface area contributed by atoms with Crippen molar-refractivity contribution >= 4 is 11.8 Å². The van der Waals surface area contributed by atoms with Gasteiger partial charge in [-0.25, -0.2) is 0 Å². The van der Waals surface area contributed by atoms with Crippen LogP contribution in [0.5, 0.6) is 5.75 Å². The van der Waals surface area contributed by atoms with Crippen LogP contribution in [0.25, 0.3) is 0 Å². The Kier molecular flexibility index (Phi) is 8.99. The Morgan fingerprint density at radius 2 is 1.80 bits per heavy atom. The Labute approximate surface area is 150 Å². The maximum atomic E-state index is 12.3. The molecule has 1 aromatic rings. The molecule has 0 aliphatic heterocycles. The van der Waals surface area contributed by atoms with Crippen LogP contribution < -0.4 is 10.1 Å². The molecule has 0 spiro atoms. The van der Waals surface area contributed by atoms with Gasteiger partial charge < -0.3 is 19.7 Å². The molecule has 2 amide bonds. The van der Waals surface area contributed by atoms with E-state index in [-0.39, 0.29) is 17.9 Å². The van der Waals surface area contributed by atoms with Crippen molar-refractivity contribution in [1.82, 2.24) is 10.2 Å². The SMILES string of the molecule is COc1ccc(CN(C(C)=O)[C@@H](C)C(=O)NCCCOC(C)C)cc1. The molecule has 0 fully saturated rings. The van der Waals surface area contributed by atoms with Crippen molar-refractivity contribution in [2.75, 3.05) is 20.3 Å². The van der Waals surface area contributed by atoms with Gasteiger partial charge in [0, 0.05) is 26.6 Å². The van der Waals surface area contributed by atoms with Crippen LogP contribution in [-0.2, 0) is 20.9 Å². The van der Waals surface area contributed by atoms with E-state index in [4.69, 9.17) is 9.47 Å². The second-order valence-corrected chi connectivity index (χ2v) is 6.24. The van der Waals surface area contributed by atoms with E-state index in [1.807, 2.05) is 38.1 Å². The zero-order valence-corrected chi connectivity index (χ0v) is 15.9. The summed E-state index contributed by atoms with van der Waals surface area (Å²) in [6.07, 6.45) is 0.933. The molecule has 1 atom stereocenters. The summed E-state index contributed by atoms with van der Waals surface area (Å²) in [7, 11) is 1.61. The van der Waals surface area contributed by atoms with Crippen LogP contribution in [0.4, 0.5) is 0 Å². The fourth-order valence-electron chi connectivity index (χ4n) is 2.34. The number of hydrogen-bond acceptors (Lipinski definition) is 4. The fraction of sp³-hybridized carbons (Fsp3) is 0.579. The second kappa shape index (κ2) is 10.7. The summed E-state index contributed by atoms with van der Waals surface area (Å²) in [5, 5.41) is 2.86. The lowest BCUT2D eigenvalue weighted by molar-refractivity contribution is -0.139. The minimum atomic E-state index is -0.536. The first-order chi connectivity index (χ1) is 11.8. The summed E-state index contributed by atoms with van der Waals surface area (Å²) < 4.78 is 10.6. The van der Waals surface area contributed by atoms with Gasteiger partial charge in [-0.15, -0.1) is 0 Å². The van der Waals surface area contributed by atoms with Crippen molar-refractivity contribution in [3.63, 3.8) is 0 Å².